The van der Waals surface area contributed by atoms with E-state index >= 15 is 0 Å². The van der Waals surface area contributed by atoms with Gasteiger partial charge in [-0.15, -0.1) is 23.7 Å². The number of thioether (sulfide) groups is 2. The van der Waals surface area contributed by atoms with E-state index in [4.69, 9.17) is 0 Å². The molecule has 0 saturated heterocycles. The van der Waals surface area contributed by atoms with Gasteiger partial charge in [-0.25, -0.2) is 0 Å². The molecule has 0 aromatic heterocycles. The molecule has 0 aliphatic rings. The van der Waals surface area contributed by atoms with Gasteiger partial charge < -0.3 is 54.3 Å². The molecule has 268 valence electrons. The van der Waals surface area contributed by atoms with Crippen LogP contribution >= 0.6 is 23.5 Å². The summed E-state index contributed by atoms with van der Waals surface area (Å²) in [6, 6.07) is 0. The molecule has 0 aromatic carbocycles. The van der Waals surface area contributed by atoms with Crippen LogP contribution in [0.15, 0.2) is 0 Å². The number of rotatable bonds is 12. The molecular weight excluding hydrogens is 1110 g/mol. The van der Waals surface area contributed by atoms with Crippen LogP contribution < -0.4 is 0 Å². The zero-order valence-corrected chi connectivity index (χ0v) is 47.2. The second-order valence-electron chi connectivity index (χ2n) is 8.21. The minimum atomic E-state index is -0.0787. The monoisotopic (exact) mass is 1180 g/mol. The average molecular weight is 1180 g/mol. The molecule has 0 aromatic rings. The van der Waals surface area contributed by atoms with E-state index in [1.807, 2.05) is 120 Å². The van der Waals surface area contributed by atoms with Crippen LogP contribution in [-0.2, 0) is 28.7 Å². The third-order valence-corrected chi connectivity index (χ3v) is 4.14. The van der Waals surface area contributed by atoms with Crippen LogP contribution in [0.3, 0.4) is 0 Å². The summed E-state index contributed by atoms with van der Waals surface area (Å²) in [5.74, 6) is 1.84. The van der Waals surface area contributed by atoms with Gasteiger partial charge in [0.25, 0.3) is 0 Å². The van der Waals surface area contributed by atoms with Crippen LogP contribution in [0.25, 0.3) is 0 Å². The van der Waals surface area contributed by atoms with Gasteiger partial charge in [-0.3, -0.25) is 25.1 Å². The molecular formula is C33H68La4O6S2-8. The van der Waals surface area contributed by atoms with Crippen molar-refractivity contribution >= 4 is 48.7 Å². The quantitative estimate of drug-likeness (QED) is 0.180. The van der Waals surface area contributed by atoms with E-state index in [1.54, 1.807) is 64.2 Å². The number of methoxy groups -OCH3 is 2. The number of ether oxygens (including phenoxy) is 2. The fourth-order valence-electron chi connectivity index (χ4n) is 1.14. The predicted molar refractivity (Wildman–Crippen MR) is 189 cm³/mol. The summed E-state index contributed by atoms with van der Waals surface area (Å²) in [6.45, 7) is 24.2. The Bertz CT molecular complexity index is 347. The van der Waals surface area contributed by atoms with E-state index in [0.29, 0.717) is 13.2 Å². The van der Waals surface area contributed by atoms with Gasteiger partial charge in [-0.1, -0.05) is 35.1 Å². The molecule has 0 heterocycles. The Balaban J connectivity index is -0.0000000239. The standard InChI is InChI=1S/2C5H9O2.2C5H9OS.4C3H7.CH4.4La/c4*1-5(3-6)4-7-2;4*1-3-2;;;;;/h4*5H,4H2,1-2H3;4*3H,1-2H3;1H4;;;;/q8*-1;;;;;. The Hall–Kier alpha value is 4.08. The van der Waals surface area contributed by atoms with E-state index in [-0.39, 0.29) is 173 Å². The maximum Gasteiger partial charge on any atom is 0.0353 e. The molecule has 6 nitrogen and oxygen atoms in total. The molecule has 4 unspecified atom stereocenters. The number of carbonyl (C=O) groups excluding carboxylic acids is 4. The minimum absolute atomic E-state index is 0. The van der Waals surface area contributed by atoms with Crippen LogP contribution in [-0.4, -0.2) is 76.6 Å². The van der Waals surface area contributed by atoms with E-state index in [0.717, 1.165) is 11.5 Å². The van der Waals surface area contributed by atoms with E-state index in [2.05, 4.69) is 9.47 Å². The number of hydrogen-bond acceptors (Lipinski definition) is 8. The molecule has 45 heavy (non-hydrogen) atoms. The van der Waals surface area contributed by atoms with Gasteiger partial charge in [0.15, 0.2) is 0 Å². The third kappa shape index (κ3) is 176. The van der Waals surface area contributed by atoms with Crippen molar-refractivity contribution in [2.45, 2.75) is 90.5 Å². The van der Waals surface area contributed by atoms with E-state index < -0.39 is 0 Å². The molecule has 0 aliphatic carbocycles. The Labute approximate surface area is 404 Å². The largest absolute Gasteiger partial charge is 0.541 e. The Morgan fingerprint density at radius 1 is 0.489 bits per heavy atom. The molecule has 0 spiro atoms. The zero-order valence-electron chi connectivity index (χ0n) is 31.0. The van der Waals surface area contributed by atoms with Gasteiger partial charge >= 0.3 is 0 Å². The molecule has 0 rings (SSSR count). The van der Waals surface area contributed by atoms with Gasteiger partial charge in [0.05, 0.1) is 0 Å². The van der Waals surface area contributed by atoms with Gasteiger partial charge in [0, 0.05) is 170 Å². The second kappa shape index (κ2) is 104. The molecule has 0 aliphatic heterocycles. The SMILES string of the molecule is C.COCC(C)[C-]=O.COCC(C)[C-]=O.CSCC(C)[C-]=O.CSCC(C)[C-]=O.C[CH-]C.C[CH-]C.C[CH-]C.C[CH-]C.[La].[La].[La].[La]. The van der Waals surface area contributed by atoms with Crippen molar-refractivity contribution in [3.63, 3.8) is 0 Å². The topological polar surface area (TPSA) is 86.7 Å². The van der Waals surface area contributed by atoms with Crippen LogP contribution in [0.4, 0.5) is 0 Å². The van der Waals surface area contributed by atoms with Crippen LogP contribution in [0, 0.1) is 192 Å². The average Bonchev–Trinajstić information content (AvgIpc) is 2.92. The van der Waals surface area contributed by atoms with Gasteiger partial charge in [0.2, 0.25) is 0 Å². The Morgan fingerprint density at radius 3 is 0.689 bits per heavy atom. The minimum Gasteiger partial charge on any atom is -0.541 e. The second-order valence-corrected chi connectivity index (χ2v) is 10.0. The van der Waals surface area contributed by atoms with E-state index in [1.165, 1.54) is 0 Å². The van der Waals surface area contributed by atoms with Crippen molar-refractivity contribution in [3.05, 3.63) is 25.7 Å². The summed E-state index contributed by atoms with van der Waals surface area (Å²) in [4.78, 5) is 38.9. The van der Waals surface area contributed by atoms with Gasteiger partial charge in [0.1, 0.15) is 0 Å². The fraction of sp³-hybridized carbons (Fsp3) is 0.758. The maximum atomic E-state index is 9.76. The predicted octanol–water partition coefficient (Wildman–Crippen LogP) is 8.51. The fourth-order valence-corrected chi connectivity index (χ4v) is 2.27. The van der Waals surface area contributed by atoms with Gasteiger partial charge in [-0.05, 0) is 24.0 Å². The van der Waals surface area contributed by atoms with Crippen molar-refractivity contribution in [2.75, 3.05) is 51.5 Å². The third-order valence-electron chi connectivity index (χ3n) is 2.47. The molecule has 0 fully saturated rings. The summed E-state index contributed by atoms with van der Waals surface area (Å²) >= 11 is 3.34. The molecule has 4 atom stereocenters. The molecule has 4 radical (unpaired) electrons. The Morgan fingerprint density at radius 2 is 0.644 bits per heavy atom. The normalized spacial score (nSPS) is 9.96. The number of hydrogen-bond donors (Lipinski definition) is 0. The van der Waals surface area contributed by atoms with Gasteiger partial charge in [-0.2, -0.15) is 78.9 Å². The van der Waals surface area contributed by atoms with Crippen LogP contribution in [0.2, 0.25) is 0 Å². The van der Waals surface area contributed by atoms with Crippen molar-refractivity contribution in [1.82, 2.24) is 0 Å². The smallest absolute Gasteiger partial charge is 0.0353 e. The van der Waals surface area contributed by atoms with Crippen molar-refractivity contribution in [1.29, 1.82) is 0 Å². The van der Waals surface area contributed by atoms with Crippen molar-refractivity contribution < 1.29 is 171 Å². The summed E-state index contributed by atoms with van der Waals surface area (Å²) < 4.78 is 9.26. The van der Waals surface area contributed by atoms with Crippen molar-refractivity contribution in [2.24, 2.45) is 23.7 Å². The maximum absolute atomic E-state index is 9.76. The first kappa shape index (κ1) is 87.2. The summed E-state index contributed by atoms with van der Waals surface area (Å²) in [5, 5.41) is 0. The van der Waals surface area contributed by atoms with E-state index in [9.17, 15) is 19.2 Å². The van der Waals surface area contributed by atoms with Crippen LogP contribution in [0.1, 0.15) is 90.5 Å². The molecule has 0 bridgehead atoms. The molecule has 0 N–H and O–H groups in total. The zero-order chi connectivity index (χ0) is 33.6. The summed E-state index contributed by atoms with van der Waals surface area (Å²) in [6.07, 6.45) is 19.3. The summed E-state index contributed by atoms with van der Waals surface area (Å²) in [5.41, 5.74) is 0. The first-order valence-electron chi connectivity index (χ1n) is 13.3. The van der Waals surface area contributed by atoms with Crippen molar-refractivity contribution in [3.8, 4) is 0 Å². The first-order valence-corrected chi connectivity index (χ1v) is 16.1. The Kier molecular flexibility index (Phi) is 201. The molecule has 0 amide bonds. The van der Waals surface area contributed by atoms with Crippen LogP contribution in [0.5, 0.6) is 0 Å². The summed E-state index contributed by atoms with van der Waals surface area (Å²) in [7, 11) is 3.13. The first-order chi connectivity index (χ1) is 18.9. The molecule has 0 saturated carbocycles. The molecule has 12 heteroatoms.